The first-order valence-electron chi connectivity index (χ1n) is 10.7. The van der Waals surface area contributed by atoms with E-state index < -0.39 is 11.9 Å². The van der Waals surface area contributed by atoms with Crippen LogP contribution in [0.5, 0.6) is 0 Å². The molecular formula is C27H22BrClN2O3. The summed E-state index contributed by atoms with van der Waals surface area (Å²) < 4.78 is 0.836. The fraction of sp³-hybridized carbons (Fsp3) is 0.148. The number of carboxylic acids is 1. The highest BCUT2D eigenvalue weighted by Gasteiger charge is 2.23. The van der Waals surface area contributed by atoms with Gasteiger partial charge in [0.25, 0.3) is 5.91 Å². The Labute approximate surface area is 210 Å². The normalized spacial score (nSPS) is 11.9. The van der Waals surface area contributed by atoms with E-state index in [1.54, 1.807) is 18.2 Å². The van der Waals surface area contributed by atoms with Crippen molar-refractivity contribution in [3.05, 3.63) is 99.0 Å². The molecule has 0 aliphatic rings. The summed E-state index contributed by atoms with van der Waals surface area (Å²) in [5.41, 5.74) is 4.30. The lowest BCUT2D eigenvalue weighted by Crippen LogP contribution is -2.30. The van der Waals surface area contributed by atoms with Crippen LogP contribution >= 0.6 is 27.5 Å². The van der Waals surface area contributed by atoms with E-state index in [0.29, 0.717) is 21.7 Å². The minimum absolute atomic E-state index is 0.132. The number of fused-ring (bicyclic) bond motifs is 1. The molecule has 7 heteroatoms. The Bertz CT molecular complexity index is 1380. The molecule has 4 rings (SSSR count). The number of aliphatic carboxylic acids is 1. The van der Waals surface area contributed by atoms with Crippen molar-refractivity contribution in [3.8, 4) is 11.3 Å². The molecular weight excluding hydrogens is 516 g/mol. The van der Waals surface area contributed by atoms with Gasteiger partial charge in [0.2, 0.25) is 0 Å². The molecule has 0 fully saturated rings. The number of nitrogens with one attached hydrogen (secondary N) is 1. The molecule has 1 aromatic heterocycles. The molecule has 0 saturated heterocycles. The summed E-state index contributed by atoms with van der Waals surface area (Å²) in [6.45, 7) is 2.01. The molecule has 0 radical (unpaired) electrons. The number of halogens is 2. The van der Waals surface area contributed by atoms with Crippen LogP contribution < -0.4 is 5.32 Å². The van der Waals surface area contributed by atoms with Crippen molar-refractivity contribution in [2.45, 2.75) is 19.3 Å². The summed E-state index contributed by atoms with van der Waals surface area (Å²) in [5, 5.41) is 13.6. The van der Waals surface area contributed by atoms with Crippen LogP contribution in [0, 0.1) is 6.92 Å². The third-order valence-electron chi connectivity index (χ3n) is 5.74. The number of aromatic nitrogens is 1. The Morgan fingerprint density at radius 2 is 1.76 bits per heavy atom. The zero-order chi connectivity index (χ0) is 24.2. The number of hydrogen-bond donors (Lipinski definition) is 2. The van der Waals surface area contributed by atoms with Crippen LogP contribution in [-0.2, 0) is 4.79 Å². The van der Waals surface area contributed by atoms with E-state index in [0.717, 1.165) is 26.7 Å². The zero-order valence-corrected chi connectivity index (χ0v) is 20.7. The summed E-state index contributed by atoms with van der Waals surface area (Å²) in [5.74, 6) is -1.72. The largest absolute Gasteiger partial charge is 0.481 e. The summed E-state index contributed by atoms with van der Waals surface area (Å²) >= 11 is 9.82. The minimum Gasteiger partial charge on any atom is -0.481 e. The van der Waals surface area contributed by atoms with Crippen molar-refractivity contribution in [3.63, 3.8) is 0 Å². The molecule has 2 N–H and O–H groups in total. The van der Waals surface area contributed by atoms with Gasteiger partial charge < -0.3 is 10.4 Å². The van der Waals surface area contributed by atoms with E-state index in [4.69, 9.17) is 16.6 Å². The van der Waals surface area contributed by atoms with Crippen LogP contribution in [0.15, 0.2) is 77.3 Å². The fourth-order valence-electron chi connectivity index (χ4n) is 4.11. The maximum absolute atomic E-state index is 13.5. The molecule has 4 aromatic rings. The van der Waals surface area contributed by atoms with E-state index in [9.17, 15) is 14.7 Å². The van der Waals surface area contributed by atoms with E-state index in [1.807, 2.05) is 61.5 Å². The van der Waals surface area contributed by atoms with Crippen LogP contribution in [0.1, 0.15) is 33.8 Å². The third-order valence-corrected chi connectivity index (χ3v) is 6.58. The van der Waals surface area contributed by atoms with Crippen LogP contribution in [0.2, 0.25) is 5.02 Å². The zero-order valence-electron chi connectivity index (χ0n) is 18.4. The lowest BCUT2D eigenvalue weighted by Gasteiger charge is -2.19. The summed E-state index contributed by atoms with van der Waals surface area (Å²) in [4.78, 5) is 29.9. The molecule has 1 atom stereocenters. The predicted molar refractivity (Wildman–Crippen MR) is 138 cm³/mol. The molecule has 34 heavy (non-hydrogen) atoms. The number of rotatable bonds is 7. The molecule has 1 heterocycles. The molecule has 0 aliphatic carbocycles. The monoisotopic (exact) mass is 536 g/mol. The van der Waals surface area contributed by atoms with Gasteiger partial charge in [-0.05, 0) is 42.3 Å². The number of carboxylic acid groups (broad SMARTS) is 1. The maximum atomic E-state index is 13.5. The Balaban J connectivity index is 1.74. The molecule has 1 unspecified atom stereocenters. The first kappa shape index (κ1) is 23.9. The predicted octanol–water partition coefficient (Wildman–Crippen LogP) is 6.61. The van der Waals surface area contributed by atoms with Gasteiger partial charge in [-0.3, -0.25) is 9.59 Å². The Kier molecular flexibility index (Phi) is 7.29. The van der Waals surface area contributed by atoms with Gasteiger partial charge in [0.15, 0.2) is 0 Å². The average molecular weight is 538 g/mol. The van der Waals surface area contributed by atoms with Crippen LogP contribution in [0.3, 0.4) is 0 Å². The fourth-order valence-corrected chi connectivity index (χ4v) is 4.76. The molecule has 172 valence electrons. The van der Waals surface area contributed by atoms with Gasteiger partial charge in [-0.1, -0.05) is 76.1 Å². The first-order chi connectivity index (χ1) is 16.3. The van der Waals surface area contributed by atoms with Crippen LogP contribution in [0.4, 0.5) is 0 Å². The van der Waals surface area contributed by atoms with Crippen molar-refractivity contribution in [1.29, 1.82) is 0 Å². The molecule has 0 saturated carbocycles. The summed E-state index contributed by atoms with van der Waals surface area (Å²) in [6, 6.07) is 22.5. The highest BCUT2D eigenvalue weighted by molar-refractivity contribution is 9.10. The number of pyridine rings is 1. The molecule has 5 nitrogen and oxygen atoms in total. The van der Waals surface area contributed by atoms with E-state index in [2.05, 4.69) is 21.2 Å². The Hall–Kier alpha value is -3.22. The molecule has 0 spiro atoms. The topological polar surface area (TPSA) is 79.3 Å². The SMILES string of the molecule is Cc1c(-c2ccccc2)nc2ccc(Br)cc2c1C(=O)NCC(CC(=O)O)c1ccccc1Cl. The van der Waals surface area contributed by atoms with E-state index >= 15 is 0 Å². The van der Waals surface area contributed by atoms with Crippen molar-refractivity contribution in [2.75, 3.05) is 6.54 Å². The van der Waals surface area contributed by atoms with Crippen LogP contribution in [-0.4, -0.2) is 28.5 Å². The molecule has 3 aromatic carbocycles. The van der Waals surface area contributed by atoms with Crippen molar-refractivity contribution in [2.24, 2.45) is 0 Å². The van der Waals surface area contributed by atoms with Crippen molar-refractivity contribution in [1.82, 2.24) is 10.3 Å². The van der Waals surface area contributed by atoms with E-state index in [1.165, 1.54) is 0 Å². The number of amides is 1. The minimum atomic E-state index is -0.958. The quantitative estimate of drug-likeness (QED) is 0.278. The van der Waals surface area contributed by atoms with E-state index in [-0.39, 0.29) is 18.9 Å². The summed E-state index contributed by atoms with van der Waals surface area (Å²) in [7, 11) is 0. The lowest BCUT2D eigenvalue weighted by molar-refractivity contribution is -0.137. The maximum Gasteiger partial charge on any atom is 0.304 e. The highest BCUT2D eigenvalue weighted by atomic mass is 79.9. The Morgan fingerprint density at radius 1 is 1.06 bits per heavy atom. The standard InChI is InChI=1S/C27H22BrClN2O3/c1-16-25(27(34)30-15-18(13-24(32)33)20-9-5-6-10-22(20)29)21-14-19(28)11-12-23(21)31-26(16)17-7-3-2-4-8-17/h2-12,14,18H,13,15H2,1H3,(H,30,34)(H,32,33). The number of carbonyl (C=O) groups is 2. The van der Waals surface area contributed by atoms with Gasteiger partial charge in [0, 0.05) is 32.9 Å². The molecule has 0 aliphatic heterocycles. The Morgan fingerprint density at radius 3 is 2.47 bits per heavy atom. The smallest absolute Gasteiger partial charge is 0.304 e. The van der Waals surface area contributed by atoms with Crippen molar-refractivity contribution < 1.29 is 14.7 Å². The van der Waals surface area contributed by atoms with Crippen LogP contribution in [0.25, 0.3) is 22.2 Å². The van der Waals surface area contributed by atoms with Gasteiger partial charge >= 0.3 is 5.97 Å². The average Bonchev–Trinajstić information content (AvgIpc) is 2.82. The second-order valence-electron chi connectivity index (χ2n) is 8.01. The second-order valence-corrected chi connectivity index (χ2v) is 9.34. The lowest BCUT2D eigenvalue weighted by atomic mass is 9.94. The first-order valence-corrected chi connectivity index (χ1v) is 11.9. The molecule has 1 amide bonds. The van der Waals surface area contributed by atoms with Gasteiger partial charge in [-0.2, -0.15) is 0 Å². The highest BCUT2D eigenvalue weighted by Crippen LogP contribution is 2.32. The number of carbonyl (C=O) groups excluding carboxylic acids is 1. The number of nitrogens with zero attached hydrogens (tertiary/aromatic N) is 1. The second kappa shape index (κ2) is 10.4. The number of benzene rings is 3. The number of hydrogen-bond acceptors (Lipinski definition) is 3. The van der Waals surface area contributed by atoms with Gasteiger partial charge in [0.05, 0.1) is 23.2 Å². The third kappa shape index (κ3) is 5.13. The summed E-state index contributed by atoms with van der Waals surface area (Å²) in [6.07, 6.45) is -0.152. The van der Waals surface area contributed by atoms with Gasteiger partial charge in [-0.25, -0.2) is 4.98 Å². The van der Waals surface area contributed by atoms with Gasteiger partial charge in [-0.15, -0.1) is 0 Å². The van der Waals surface area contributed by atoms with Crippen molar-refractivity contribution >= 4 is 50.3 Å². The van der Waals surface area contributed by atoms with Gasteiger partial charge in [0.1, 0.15) is 0 Å². The molecule has 0 bridgehead atoms.